The highest BCUT2D eigenvalue weighted by atomic mass is 16.6. The van der Waals surface area contributed by atoms with Gasteiger partial charge in [0, 0.05) is 25.0 Å². The molecular weight excluding hydrogens is 394 g/mol. The van der Waals surface area contributed by atoms with E-state index < -0.39 is 47.1 Å². The fraction of sp³-hybridized carbons (Fsp3) is 0.850. The minimum absolute atomic E-state index is 0.0794. The normalized spacial score (nSPS) is 12.6. The maximum Gasteiger partial charge on any atom is 0.407 e. The third-order valence-corrected chi connectivity index (χ3v) is 3.36. The van der Waals surface area contributed by atoms with Crippen molar-refractivity contribution in [2.75, 3.05) is 26.2 Å². The van der Waals surface area contributed by atoms with Crippen molar-refractivity contribution in [2.45, 2.75) is 79.1 Å². The number of aliphatic hydroxyl groups excluding tert-OH is 1. The summed E-state index contributed by atoms with van der Waals surface area (Å²) in [6, 6.07) is 0. The molecule has 0 atom stereocenters. The Morgan fingerprint density at radius 1 is 0.600 bits per heavy atom. The van der Waals surface area contributed by atoms with Gasteiger partial charge in [-0.3, -0.25) is 0 Å². The van der Waals surface area contributed by atoms with Crippen LogP contribution in [-0.4, -0.2) is 66.4 Å². The van der Waals surface area contributed by atoms with Gasteiger partial charge < -0.3 is 35.3 Å². The van der Waals surface area contributed by atoms with Crippen LogP contribution >= 0.6 is 0 Å². The van der Waals surface area contributed by atoms with Crippen LogP contribution in [0.2, 0.25) is 0 Å². The molecular formula is C20H39N3O7. The molecule has 0 saturated heterocycles. The fourth-order valence-electron chi connectivity index (χ4n) is 2.08. The number of rotatable bonds is 7. The molecule has 0 aliphatic heterocycles. The summed E-state index contributed by atoms with van der Waals surface area (Å²) in [5.41, 5.74) is -3.22. The highest BCUT2D eigenvalue weighted by Gasteiger charge is 2.33. The molecule has 176 valence electrons. The Morgan fingerprint density at radius 3 is 1.00 bits per heavy atom. The quantitative estimate of drug-likeness (QED) is 0.453. The van der Waals surface area contributed by atoms with Gasteiger partial charge in [-0.1, -0.05) is 0 Å². The lowest BCUT2D eigenvalue weighted by atomic mass is 9.88. The van der Waals surface area contributed by atoms with E-state index in [9.17, 15) is 19.5 Å². The predicted octanol–water partition coefficient (Wildman–Crippen LogP) is 2.54. The highest BCUT2D eigenvalue weighted by molar-refractivity contribution is 5.69. The lowest BCUT2D eigenvalue weighted by Crippen LogP contribution is -2.54. The molecule has 0 aromatic rings. The number of nitrogens with one attached hydrogen (secondary N) is 3. The number of carbonyl (C=O) groups is 3. The second-order valence-electron chi connectivity index (χ2n) is 10.2. The van der Waals surface area contributed by atoms with E-state index in [1.165, 1.54) is 0 Å². The maximum atomic E-state index is 12.0. The Labute approximate surface area is 179 Å². The lowest BCUT2D eigenvalue weighted by molar-refractivity contribution is 0.0379. The van der Waals surface area contributed by atoms with E-state index in [0.29, 0.717) is 0 Å². The highest BCUT2D eigenvalue weighted by Crippen LogP contribution is 2.16. The van der Waals surface area contributed by atoms with Gasteiger partial charge >= 0.3 is 18.3 Å². The van der Waals surface area contributed by atoms with Crippen molar-refractivity contribution in [2.24, 2.45) is 5.41 Å². The summed E-state index contributed by atoms with van der Waals surface area (Å²) in [4.78, 5) is 36.1. The number of carbonyl (C=O) groups excluding carboxylic acids is 3. The van der Waals surface area contributed by atoms with E-state index >= 15 is 0 Å². The number of ether oxygens (including phenoxy) is 3. The van der Waals surface area contributed by atoms with Gasteiger partial charge in [0.1, 0.15) is 16.8 Å². The average molecular weight is 434 g/mol. The summed E-state index contributed by atoms with van der Waals surface area (Å²) in [5.74, 6) is 0. The summed E-state index contributed by atoms with van der Waals surface area (Å²) in [6.45, 7) is 14.8. The topological polar surface area (TPSA) is 135 Å². The molecule has 0 unspecified atom stereocenters. The summed E-state index contributed by atoms with van der Waals surface area (Å²) in [6.07, 6.45) is -2.06. The second kappa shape index (κ2) is 10.7. The maximum absolute atomic E-state index is 12.0. The number of amides is 3. The molecule has 0 bridgehead atoms. The SMILES string of the molecule is CC(C)(C)OC(=O)NCC(CO)(CNC(=O)OC(C)(C)C)CNC(=O)OC(C)(C)C. The average Bonchev–Trinajstić information content (AvgIpc) is 2.49. The molecule has 0 rings (SSSR count). The number of alkyl carbamates (subject to hydrolysis) is 3. The first-order chi connectivity index (χ1) is 13.4. The van der Waals surface area contributed by atoms with E-state index in [2.05, 4.69) is 16.0 Å². The van der Waals surface area contributed by atoms with Crippen LogP contribution < -0.4 is 16.0 Å². The van der Waals surface area contributed by atoms with Crippen molar-refractivity contribution in [3.63, 3.8) is 0 Å². The summed E-state index contributed by atoms with van der Waals surface area (Å²) in [5, 5.41) is 17.7. The Hall–Kier alpha value is -2.23. The first-order valence-corrected chi connectivity index (χ1v) is 9.88. The Kier molecular flexibility index (Phi) is 9.90. The Balaban J connectivity index is 5.20. The monoisotopic (exact) mass is 433 g/mol. The molecule has 0 heterocycles. The number of hydrogen-bond donors (Lipinski definition) is 4. The van der Waals surface area contributed by atoms with E-state index in [-0.39, 0.29) is 19.6 Å². The van der Waals surface area contributed by atoms with E-state index in [4.69, 9.17) is 14.2 Å². The molecule has 0 aromatic carbocycles. The number of aliphatic hydroxyl groups is 1. The van der Waals surface area contributed by atoms with Crippen molar-refractivity contribution in [3.05, 3.63) is 0 Å². The zero-order chi connectivity index (χ0) is 23.8. The zero-order valence-electron chi connectivity index (χ0n) is 19.7. The molecule has 10 heteroatoms. The third kappa shape index (κ3) is 13.9. The van der Waals surface area contributed by atoms with Gasteiger partial charge in [0.2, 0.25) is 0 Å². The summed E-state index contributed by atoms with van der Waals surface area (Å²) >= 11 is 0. The van der Waals surface area contributed by atoms with Crippen LogP contribution in [0.4, 0.5) is 14.4 Å². The minimum Gasteiger partial charge on any atom is -0.444 e. The van der Waals surface area contributed by atoms with Crippen molar-refractivity contribution >= 4 is 18.3 Å². The molecule has 3 amide bonds. The van der Waals surface area contributed by atoms with Crippen molar-refractivity contribution in [1.82, 2.24) is 16.0 Å². The van der Waals surface area contributed by atoms with Gasteiger partial charge in [-0.05, 0) is 62.3 Å². The van der Waals surface area contributed by atoms with Crippen LogP contribution in [0.15, 0.2) is 0 Å². The van der Waals surface area contributed by atoms with Crippen LogP contribution in [0.25, 0.3) is 0 Å². The molecule has 10 nitrogen and oxygen atoms in total. The minimum atomic E-state index is -1.12. The largest absolute Gasteiger partial charge is 0.444 e. The Bertz CT molecular complexity index is 508. The van der Waals surface area contributed by atoms with Crippen LogP contribution in [0.1, 0.15) is 62.3 Å². The van der Waals surface area contributed by atoms with Crippen LogP contribution in [0, 0.1) is 5.41 Å². The van der Waals surface area contributed by atoms with E-state index in [1.54, 1.807) is 62.3 Å². The molecule has 0 aliphatic carbocycles. The molecule has 30 heavy (non-hydrogen) atoms. The van der Waals surface area contributed by atoms with Gasteiger partial charge in [0.15, 0.2) is 0 Å². The molecule has 0 aromatic heterocycles. The van der Waals surface area contributed by atoms with E-state index in [0.717, 1.165) is 0 Å². The first kappa shape index (κ1) is 27.8. The van der Waals surface area contributed by atoms with Gasteiger partial charge in [-0.15, -0.1) is 0 Å². The lowest BCUT2D eigenvalue weighted by Gasteiger charge is -2.33. The molecule has 0 aliphatic rings. The standard InChI is InChI=1S/C20H39N3O7/c1-17(2,3)28-14(25)21-10-20(13-24,11-22-15(26)29-18(4,5)6)12-23-16(27)30-19(7,8)9/h24H,10-13H2,1-9H3,(H,21,25)(H,22,26)(H,23,27). The van der Waals surface area contributed by atoms with Gasteiger partial charge in [-0.25, -0.2) is 14.4 Å². The smallest absolute Gasteiger partial charge is 0.407 e. The summed E-state index contributed by atoms with van der Waals surface area (Å²) in [7, 11) is 0. The molecule has 0 fully saturated rings. The van der Waals surface area contributed by atoms with Crippen LogP contribution in [0.5, 0.6) is 0 Å². The molecule has 0 spiro atoms. The first-order valence-electron chi connectivity index (χ1n) is 9.88. The second-order valence-corrected chi connectivity index (χ2v) is 10.2. The van der Waals surface area contributed by atoms with Crippen molar-refractivity contribution in [3.8, 4) is 0 Å². The van der Waals surface area contributed by atoms with Gasteiger partial charge in [-0.2, -0.15) is 0 Å². The fourth-order valence-corrected chi connectivity index (χ4v) is 2.08. The van der Waals surface area contributed by atoms with E-state index in [1.807, 2.05) is 0 Å². The van der Waals surface area contributed by atoms with Gasteiger partial charge in [0.25, 0.3) is 0 Å². The molecule has 0 radical (unpaired) electrons. The van der Waals surface area contributed by atoms with Crippen molar-refractivity contribution in [1.29, 1.82) is 0 Å². The molecule has 0 saturated carbocycles. The van der Waals surface area contributed by atoms with Crippen LogP contribution in [-0.2, 0) is 14.2 Å². The van der Waals surface area contributed by atoms with Crippen molar-refractivity contribution < 1.29 is 33.7 Å². The Morgan fingerprint density at radius 2 is 0.833 bits per heavy atom. The number of hydrogen-bond acceptors (Lipinski definition) is 7. The van der Waals surface area contributed by atoms with Crippen LogP contribution in [0.3, 0.4) is 0 Å². The zero-order valence-corrected chi connectivity index (χ0v) is 19.7. The summed E-state index contributed by atoms with van der Waals surface area (Å²) < 4.78 is 15.6. The third-order valence-electron chi connectivity index (χ3n) is 3.36. The van der Waals surface area contributed by atoms with Gasteiger partial charge in [0.05, 0.1) is 6.61 Å². The molecule has 4 N–H and O–H groups in total. The predicted molar refractivity (Wildman–Crippen MR) is 112 cm³/mol.